The average molecular weight is 215 g/mol. The van der Waals surface area contributed by atoms with Crippen LogP contribution in [0.4, 0.5) is 0 Å². The summed E-state index contributed by atoms with van der Waals surface area (Å²) in [5.74, 6) is 0.741. The van der Waals surface area contributed by atoms with Crippen LogP contribution in [0, 0.1) is 0 Å². The van der Waals surface area contributed by atoms with Crippen molar-refractivity contribution in [1.82, 2.24) is 4.98 Å². The summed E-state index contributed by atoms with van der Waals surface area (Å²) < 4.78 is 5.12. The molecule has 1 aromatic heterocycles. The van der Waals surface area contributed by atoms with E-state index in [1.54, 1.807) is 31.6 Å². The summed E-state index contributed by atoms with van der Waals surface area (Å²) in [5, 5.41) is 10.1. The van der Waals surface area contributed by atoms with E-state index in [0.717, 1.165) is 16.9 Å². The van der Waals surface area contributed by atoms with Gasteiger partial charge in [-0.15, -0.1) is 0 Å². The Hall–Kier alpha value is -1.87. The van der Waals surface area contributed by atoms with Crippen LogP contribution in [0.15, 0.2) is 48.8 Å². The number of methoxy groups -OCH3 is 1. The molecule has 1 atom stereocenters. The molecule has 82 valence electrons. The highest BCUT2D eigenvalue weighted by Crippen LogP contribution is 2.24. The molecular weight excluding hydrogens is 202 g/mol. The van der Waals surface area contributed by atoms with E-state index in [1.807, 2.05) is 24.3 Å². The average Bonchev–Trinajstić information content (AvgIpc) is 2.39. The van der Waals surface area contributed by atoms with Gasteiger partial charge in [0.2, 0.25) is 0 Å². The van der Waals surface area contributed by atoms with Gasteiger partial charge in [-0.2, -0.15) is 0 Å². The van der Waals surface area contributed by atoms with Crippen molar-refractivity contribution < 1.29 is 9.84 Å². The van der Waals surface area contributed by atoms with Gasteiger partial charge >= 0.3 is 0 Å². The Morgan fingerprint density at radius 2 is 1.88 bits per heavy atom. The van der Waals surface area contributed by atoms with E-state index in [1.165, 1.54) is 0 Å². The molecule has 0 radical (unpaired) electrons. The number of nitrogens with zero attached hydrogens (tertiary/aromatic N) is 1. The zero-order valence-corrected chi connectivity index (χ0v) is 9.00. The molecule has 1 aromatic carbocycles. The zero-order valence-electron chi connectivity index (χ0n) is 9.00. The maximum absolute atomic E-state index is 10.1. The van der Waals surface area contributed by atoms with Crippen molar-refractivity contribution in [1.29, 1.82) is 0 Å². The number of aromatic nitrogens is 1. The van der Waals surface area contributed by atoms with Crippen LogP contribution in [0.2, 0.25) is 0 Å². The molecule has 2 aromatic rings. The Labute approximate surface area is 94.3 Å². The number of benzene rings is 1. The van der Waals surface area contributed by atoms with Gasteiger partial charge < -0.3 is 9.84 Å². The lowest BCUT2D eigenvalue weighted by molar-refractivity contribution is 0.219. The van der Waals surface area contributed by atoms with Gasteiger partial charge in [-0.3, -0.25) is 4.98 Å². The number of ether oxygens (including phenoxy) is 1. The lowest BCUT2D eigenvalue weighted by Crippen LogP contribution is -1.99. The van der Waals surface area contributed by atoms with Gasteiger partial charge in [0.05, 0.1) is 7.11 Å². The zero-order chi connectivity index (χ0) is 11.4. The molecule has 0 aliphatic heterocycles. The van der Waals surface area contributed by atoms with Crippen LogP contribution in [0.3, 0.4) is 0 Å². The molecule has 0 fully saturated rings. The number of aliphatic hydroxyl groups excluding tert-OH is 1. The standard InChI is InChI=1S/C13H13NO2/c1-16-12-4-2-3-11(9-12)13(15)10-5-7-14-8-6-10/h2-9,13,15H,1H3/t13-/m0/s1. The van der Waals surface area contributed by atoms with E-state index in [4.69, 9.17) is 4.74 Å². The summed E-state index contributed by atoms with van der Waals surface area (Å²) >= 11 is 0. The van der Waals surface area contributed by atoms with Crippen molar-refractivity contribution in [2.24, 2.45) is 0 Å². The third-order valence-electron chi connectivity index (χ3n) is 2.43. The van der Waals surface area contributed by atoms with Gasteiger partial charge in [0.25, 0.3) is 0 Å². The summed E-state index contributed by atoms with van der Waals surface area (Å²) in [6.07, 6.45) is 2.69. The molecule has 2 rings (SSSR count). The Morgan fingerprint density at radius 3 is 2.56 bits per heavy atom. The highest BCUT2D eigenvalue weighted by atomic mass is 16.5. The molecular formula is C13H13NO2. The molecule has 3 nitrogen and oxygen atoms in total. The highest BCUT2D eigenvalue weighted by Gasteiger charge is 2.10. The molecule has 1 N–H and O–H groups in total. The predicted octanol–water partition coefficient (Wildman–Crippen LogP) is 2.17. The second-order valence-electron chi connectivity index (χ2n) is 3.46. The number of hydrogen-bond acceptors (Lipinski definition) is 3. The molecule has 0 unspecified atom stereocenters. The summed E-state index contributed by atoms with van der Waals surface area (Å²) in [7, 11) is 1.61. The maximum atomic E-state index is 10.1. The molecule has 3 heteroatoms. The van der Waals surface area contributed by atoms with E-state index in [-0.39, 0.29) is 0 Å². The number of aliphatic hydroxyl groups is 1. The Morgan fingerprint density at radius 1 is 1.12 bits per heavy atom. The van der Waals surface area contributed by atoms with Crippen LogP contribution >= 0.6 is 0 Å². The van der Waals surface area contributed by atoms with Gasteiger partial charge in [-0.1, -0.05) is 12.1 Å². The minimum atomic E-state index is -0.641. The number of pyridine rings is 1. The first-order chi connectivity index (χ1) is 7.81. The quantitative estimate of drug-likeness (QED) is 0.853. The van der Waals surface area contributed by atoms with E-state index < -0.39 is 6.10 Å². The van der Waals surface area contributed by atoms with Crippen LogP contribution in [-0.4, -0.2) is 17.2 Å². The van der Waals surface area contributed by atoms with Gasteiger partial charge in [0.15, 0.2) is 0 Å². The van der Waals surface area contributed by atoms with Gasteiger partial charge in [0.1, 0.15) is 11.9 Å². The van der Waals surface area contributed by atoms with Crippen molar-refractivity contribution >= 4 is 0 Å². The first kappa shape index (κ1) is 10.6. The molecule has 0 bridgehead atoms. The summed E-state index contributed by atoms with van der Waals surface area (Å²) in [5.41, 5.74) is 1.63. The first-order valence-corrected chi connectivity index (χ1v) is 5.03. The summed E-state index contributed by atoms with van der Waals surface area (Å²) in [6, 6.07) is 11.0. The molecule has 16 heavy (non-hydrogen) atoms. The van der Waals surface area contributed by atoms with Crippen molar-refractivity contribution in [2.75, 3.05) is 7.11 Å². The third-order valence-corrected chi connectivity index (χ3v) is 2.43. The van der Waals surface area contributed by atoms with Crippen LogP contribution < -0.4 is 4.74 Å². The van der Waals surface area contributed by atoms with Crippen LogP contribution in [0.25, 0.3) is 0 Å². The second kappa shape index (κ2) is 4.77. The van der Waals surface area contributed by atoms with E-state index in [0.29, 0.717) is 0 Å². The second-order valence-corrected chi connectivity index (χ2v) is 3.46. The van der Waals surface area contributed by atoms with Crippen LogP contribution in [0.1, 0.15) is 17.2 Å². The van der Waals surface area contributed by atoms with Gasteiger partial charge in [-0.25, -0.2) is 0 Å². The molecule has 0 aliphatic carbocycles. The van der Waals surface area contributed by atoms with E-state index >= 15 is 0 Å². The predicted molar refractivity (Wildman–Crippen MR) is 61.3 cm³/mol. The van der Waals surface area contributed by atoms with Crippen molar-refractivity contribution in [3.8, 4) is 5.75 Å². The number of hydrogen-bond donors (Lipinski definition) is 1. The minimum Gasteiger partial charge on any atom is -0.497 e. The van der Waals surface area contributed by atoms with E-state index in [2.05, 4.69) is 4.98 Å². The molecule has 0 amide bonds. The molecule has 0 saturated heterocycles. The smallest absolute Gasteiger partial charge is 0.119 e. The lowest BCUT2D eigenvalue weighted by Gasteiger charge is -2.11. The Bertz CT molecular complexity index is 456. The summed E-state index contributed by atoms with van der Waals surface area (Å²) in [4.78, 5) is 3.92. The fourth-order valence-corrected chi connectivity index (χ4v) is 1.55. The largest absolute Gasteiger partial charge is 0.497 e. The van der Waals surface area contributed by atoms with E-state index in [9.17, 15) is 5.11 Å². The lowest BCUT2D eigenvalue weighted by atomic mass is 10.0. The number of rotatable bonds is 3. The molecule has 0 aliphatic rings. The van der Waals surface area contributed by atoms with Crippen molar-refractivity contribution in [3.63, 3.8) is 0 Å². The SMILES string of the molecule is COc1cccc([C@@H](O)c2ccncc2)c1. The normalized spacial score (nSPS) is 12.1. The minimum absolute atomic E-state index is 0.641. The fraction of sp³-hybridized carbons (Fsp3) is 0.154. The van der Waals surface area contributed by atoms with Gasteiger partial charge in [-0.05, 0) is 35.4 Å². The van der Waals surface area contributed by atoms with Crippen molar-refractivity contribution in [3.05, 3.63) is 59.9 Å². The Balaban J connectivity index is 2.30. The fourth-order valence-electron chi connectivity index (χ4n) is 1.55. The Kier molecular flexibility index (Phi) is 3.17. The van der Waals surface area contributed by atoms with Crippen LogP contribution in [-0.2, 0) is 0 Å². The molecule has 0 spiro atoms. The first-order valence-electron chi connectivity index (χ1n) is 5.03. The maximum Gasteiger partial charge on any atom is 0.119 e. The third kappa shape index (κ3) is 2.20. The van der Waals surface area contributed by atoms with Gasteiger partial charge in [0, 0.05) is 12.4 Å². The monoisotopic (exact) mass is 215 g/mol. The summed E-state index contributed by atoms with van der Waals surface area (Å²) in [6.45, 7) is 0. The molecule has 0 saturated carbocycles. The molecule has 1 heterocycles. The van der Waals surface area contributed by atoms with Crippen LogP contribution in [0.5, 0.6) is 5.75 Å². The van der Waals surface area contributed by atoms with Crippen molar-refractivity contribution in [2.45, 2.75) is 6.10 Å². The highest BCUT2D eigenvalue weighted by molar-refractivity contribution is 5.34. The topological polar surface area (TPSA) is 42.4 Å².